The summed E-state index contributed by atoms with van der Waals surface area (Å²) in [6.07, 6.45) is 1.94. The van der Waals surface area contributed by atoms with Gasteiger partial charge in [-0.1, -0.05) is 24.3 Å². The van der Waals surface area contributed by atoms with Crippen molar-refractivity contribution in [2.75, 3.05) is 5.32 Å². The van der Waals surface area contributed by atoms with Gasteiger partial charge in [-0.25, -0.2) is 4.98 Å². The van der Waals surface area contributed by atoms with E-state index >= 15 is 0 Å². The minimum absolute atomic E-state index is 0.122. The van der Waals surface area contributed by atoms with Crippen molar-refractivity contribution in [1.82, 2.24) is 15.3 Å². The summed E-state index contributed by atoms with van der Waals surface area (Å²) in [4.78, 5) is 32.3. The number of pyridine rings is 1. The molecule has 8 heteroatoms. The highest BCUT2D eigenvalue weighted by Gasteiger charge is 2.13. The predicted molar refractivity (Wildman–Crippen MR) is 111 cm³/mol. The number of carbonyl (C=O) groups excluding carboxylic acids is 2. The maximum absolute atomic E-state index is 12.5. The molecule has 3 aromatic heterocycles. The van der Waals surface area contributed by atoms with Crippen LogP contribution < -0.4 is 10.6 Å². The van der Waals surface area contributed by atoms with Crippen LogP contribution in [0.4, 0.5) is 5.13 Å². The molecule has 2 amide bonds. The van der Waals surface area contributed by atoms with E-state index in [4.69, 9.17) is 4.42 Å². The third kappa shape index (κ3) is 4.49. The van der Waals surface area contributed by atoms with E-state index in [2.05, 4.69) is 20.6 Å². The van der Waals surface area contributed by atoms with Crippen LogP contribution in [0.25, 0.3) is 22.4 Å². The molecule has 3 heterocycles. The summed E-state index contributed by atoms with van der Waals surface area (Å²) in [7, 11) is 0. The molecule has 29 heavy (non-hydrogen) atoms. The summed E-state index contributed by atoms with van der Waals surface area (Å²) in [5.74, 6) is 0.940. The Morgan fingerprint density at radius 2 is 2.00 bits per heavy atom. The van der Waals surface area contributed by atoms with Crippen molar-refractivity contribution >= 4 is 39.2 Å². The molecule has 0 unspecified atom stereocenters. The number of furan rings is 1. The van der Waals surface area contributed by atoms with Crippen molar-refractivity contribution in [3.8, 4) is 11.5 Å². The van der Waals surface area contributed by atoms with Gasteiger partial charge in [0, 0.05) is 23.9 Å². The Kier molecular flexibility index (Phi) is 5.35. The van der Waals surface area contributed by atoms with Crippen LogP contribution in [-0.4, -0.2) is 21.8 Å². The van der Waals surface area contributed by atoms with E-state index in [1.165, 1.54) is 18.3 Å². The van der Waals surface area contributed by atoms with Crippen LogP contribution in [0.3, 0.4) is 0 Å². The SMILES string of the molecule is CC(=O)NCc1ccc(-c2csc(NC(=O)Cc3cccc4cccnc34)n2)o1. The molecular weight excluding hydrogens is 388 g/mol. The molecule has 7 nitrogen and oxygen atoms in total. The molecule has 1 aromatic carbocycles. The number of hydrogen-bond acceptors (Lipinski definition) is 6. The number of amides is 2. The second kappa shape index (κ2) is 8.24. The third-order valence-corrected chi connectivity index (χ3v) is 5.00. The van der Waals surface area contributed by atoms with Crippen LogP contribution in [0.5, 0.6) is 0 Å². The van der Waals surface area contributed by atoms with E-state index in [-0.39, 0.29) is 18.2 Å². The number of benzene rings is 1. The number of para-hydroxylation sites is 1. The fraction of sp³-hybridized carbons (Fsp3) is 0.143. The average Bonchev–Trinajstić information content (AvgIpc) is 3.36. The monoisotopic (exact) mass is 406 g/mol. The van der Waals surface area contributed by atoms with Crippen molar-refractivity contribution in [3.05, 3.63) is 65.4 Å². The summed E-state index contributed by atoms with van der Waals surface area (Å²) in [6.45, 7) is 1.77. The lowest BCUT2D eigenvalue weighted by Crippen LogP contribution is -2.18. The summed E-state index contributed by atoms with van der Waals surface area (Å²) >= 11 is 1.33. The molecule has 4 rings (SSSR count). The summed E-state index contributed by atoms with van der Waals surface area (Å²) in [5, 5.41) is 8.83. The molecule has 0 aliphatic heterocycles. The van der Waals surface area contributed by atoms with Crippen molar-refractivity contribution in [3.63, 3.8) is 0 Å². The van der Waals surface area contributed by atoms with Gasteiger partial charge < -0.3 is 15.1 Å². The second-order valence-electron chi connectivity index (χ2n) is 6.43. The first-order chi connectivity index (χ1) is 14.1. The minimum atomic E-state index is -0.158. The third-order valence-electron chi connectivity index (χ3n) is 4.24. The predicted octanol–water partition coefficient (Wildman–Crippen LogP) is 3.77. The Labute approximate surface area is 170 Å². The molecule has 0 fully saturated rings. The van der Waals surface area contributed by atoms with Gasteiger partial charge in [0.15, 0.2) is 10.9 Å². The van der Waals surface area contributed by atoms with Crippen LogP contribution in [0.2, 0.25) is 0 Å². The Hall–Kier alpha value is -3.52. The first-order valence-electron chi connectivity index (χ1n) is 9.00. The van der Waals surface area contributed by atoms with Gasteiger partial charge in [0.25, 0.3) is 0 Å². The molecule has 2 N–H and O–H groups in total. The lowest BCUT2D eigenvalue weighted by molar-refractivity contribution is -0.119. The largest absolute Gasteiger partial charge is 0.458 e. The van der Waals surface area contributed by atoms with Gasteiger partial charge in [-0.05, 0) is 23.8 Å². The Balaban J connectivity index is 1.42. The fourth-order valence-electron chi connectivity index (χ4n) is 2.91. The lowest BCUT2D eigenvalue weighted by atomic mass is 10.1. The van der Waals surface area contributed by atoms with Gasteiger partial charge in [-0.3, -0.25) is 14.6 Å². The number of thiazole rings is 1. The number of hydrogen-bond donors (Lipinski definition) is 2. The van der Waals surface area contributed by atoms with Crippen LogP contribution >= 0.6 is 11.3 Å². The molecule has 4 aromatic rings. The first-order valence-corrected chi connectivity index (χ1v) is 9.88. The van der Waals surface area contributed by atoms with E-state index in [0.717, 1.165) is 16.5 Å². The zero-order chi connectivity index (χ0) is 20.2. The fourth-order valence-corrected chi connectivity index (χ4v) is 3.63. The van der Waals surface area contributed by atoms with Gasteiger partial charge in [-0.15, -0.1) is 11.3 Å². The van der Waals surface area contributed by atoms with Gasteiger partial charge in [0.05, 0.1) is 18.5 Å². The van der Waals surface area contributed by atoms with Gasteiger partial charge in [0.2, 0.25) is 11.8 Å². The number of nitrogens with zero attached hydrogens (tertiary/aromatic N) is 2. The highest BCUT2D eigenvalue weighted by atomic mass is 32.1. The maximum atomic E-state index is 12.5. The van der Waals surface area contributed by atoms with Crippen molar-refractivity contribution < 1.29 is 14.0 Å². The van der Waals surface area contributed by atoms with Gasteiger partial charge in [0.1, 0.15) is 11.5 Å². The highest BCUT2D eigenvalue weighted by Crippen LogP contribution is 2.27. The van der Waals surface area contributed by atoms with Crippen LogP contribution in [0, 0.1) is 0 Å². The maximum Gasteiger partial charge on any atom is 0.230 e. The Morgan fingerprint density at radius 1 is 1.14 bits per heavy atom. The zero-order valence-corrected chi connectivity index (χ0v) is 16.5. The Bertz CT molecular complexity index is 1180. The van der Waals surface area contributed by atoms with E-state index in [1.54, 1.807) is 18.3 Å². The van der Waals surface area contributed by atoms with Crippen LogP contribution in [0.1, 0.15) is 18.2 Å². The molecule has 0 saturated carbocycles. The van der Waals surface area contributed by atoms with Gasteiger partial charge in [-0.2, -0.15) is 0 Å². The second-order valence-corrected chi connectivity index (χ2v) is 7.29. The molecule has 146 valence electrons. The minimum Gasteiger partial charge on any atom is -0.458 e. The smallest absolute Gasteiger partial charge is 0.230 e. The van der Waals surface area contributed by atoms with Crippen molar-refractivity contribution in [1.29, 1.82) is 0 Å². The van der Waals surface area contributed by atoms with Crippen LogP contribution in [-0.2, 0) is 22.6 Å². The number of carbonyl (C=O) groups is 2. The molecule has 0 spiro atoms. The molecule has 0 aliphatic rings. The summed E-state index contributed by atoms with van der Waals surface area (Å²) in [5.41, 5.74) is 2.32. The van der Waals surface area contributed by atoms with Gasteiger partial charge >= 0.3 is 0 Å². The highest BCUT2D eigenvalue weighted by molar-refractivity contribution is 7.14. The standard InChI is InChI=1S/C21H18N4O3S/c1-13(26)23-11-16-7-8-18(28-16)17-12-29-21(24-17)25-19(27)10-15-5-2-4-14-6-3-9-22-20(14)15/h2-9,12H,10-11H2,1H3,(H,23,26)(H,24,25,27). The normalized spacial score (nSPS) is 10.8. The number of fused-ring (bicyclic) bond motifs is 1. The van der Waals surface area contributed by atoms with E-state index < -0.39 is 0 Å². The molecule has 0 bridgehead atoms. The van der Waals surface area contributed by atoms with E-state index in [1.807, 2.05) is 35.7 Å². The summed E-state index contributed by atoms with van der Waals surface area (Å²) < 4.78 is 5.69. The molecule has 0 aliphatic carbocycles. The molecule has 0 radical (unpaired) electrons. The van der Waals surface area contributed by atoms with E-state index in [0.29, 0.717) is 28.9 Å². The zero-order valence-electron chi connectivity index (χ0n) is 15.6. The van der Waals surface area contributed by atoms with Crippen LogP contribution in [0.15, 0.2) is 58.5 Å². The lowest BCUT2D eigenvalue weighted by Gasteiger charge is -2.05. The van der Waals surface area contributed by atoms with E-state index in [9.17, 15) is 9.59 Å². The first kappa shape index (κ1) is 18.8. The summed E-state index contributed by atoms with van der Waals surface area (Å²) in [6, 6.07) is 13.2. The number of rotatable bonds is 6. The number of anilines is 1. The molecule has 0 atom stereocenters. The molecule has 0 saturated heterocycles. The average molecular weight is 406 g/mol. The van der Waals surface area contributed by atoms with Crippen molar-refractivity contribution in [2.24, 2.45) is 0 Å². The topological polar surface area (TPSA) is 97.1 Å². The number of aromatic nitrogens is 2. The number of nitrogens with one attached hydrogen (secondary N) is 2. The Morgan fingerprint density at radius 3 is 2.86 bits per heavy atom. The molecular formula is C21H18N4O3S. The quantitative estimate of drug-likeness (QED) is 0.508. The van der Waals surface area contributed by atoms with Crippen molar-refractivity contribution in [2.45, 2.75) is 19.9 Å².